The second kappa shape index (κ2) is 27.6. The number of benzene rings is 1. The average Bonchev–Trinajstić information content (AvgIpc) is 3.30. The van der Waals surface area contributed by atoms with Crippen molar-refractivity contribution in [2.24, 2.45) is 16.5 Å². The maximum absolute atomic E-state index is 13.7. The Morgan fingerprint density at radius 1 is 0.658 bits per heavy atom. The fraction of sp³-hybridized carbons (Fsp3) is 0.415. The number of nitrogens with zero attached hydrogens (tertiary/aromatic N) is 4. The number of nitrogens with one attached hydrogen (secondary N) is 8. The van der Waals surface area contributed by atoms with Crippen LogP contribution in [0, 0.1) is 0 Å². The second-order valence-corrected chi connectivity index (χ2v) is 15.7. The highest BCUT2D eigenvalue weighted by atomic mass is 16.4. The minimum absolute atomic E-state index is 0.000183. The molecule has 1 aromatic carbocycles. The lowest BCUT2D eigenvalue weighted by molar-refractivity contribution is -0.145. The van der Waals surface area contributed by atoms with Gasteiger partial charge >= 0.3 is 29.8 Å². The Morgan fingerprint density at radius 3 is 1.67 bits per heavy atom. The number of aliphatic carboxylic acids is 5. The highest BCUT2D eigenvalue weighted by Gasteiger charge is 2.35. The van der Waals surface area contributed by atoms with E-state index in [9.17, 15) is 83.1 Å². The van der Waals surface area contributed by atoms with Gasteiger partial charge in [-0.2, -0.15) is 4.98 Å². The number of carboxylic acid groups (broad SMARTS) is 5. The average molecular weight is 1030 g/mol. The molecule has 0 radical (unpaired) electrons. The Bertz CT molecular complexity index is 2660. The molecule has 6 atom stereocenters. The molecule has 0 bridgehead atoms. The SMILES string of the molecule is CC[C@H](NC(=O)[C@H](CC(=O)O)NC(=O)[C@H](CC(=O)O)NC(=O)[C@H](CCCN=C(N)N)NC(=O)[C@H](CC(=O)O)NC(=O)CC[C@H](NC(=O)c1ccc(NCc2cnc3nc(N)[nH]c(=O)c3n2)cc1)C(=O)O)C(=O)O. The lowest BCUT2D eigenvalue weighted by Crippen LogP contribution is -2.59. The number of carbonyl (C=O) groups is 11. The van der Waals surface area contributed by atoms with Gasteiger partial charge in [0.05, 0.1) is 37.7 Å². The van der Waals surface area contributed by atoms with E-state index in [1.165, 1.54) is 37.4 Å². The van der Waals surface area contributed by atoms with Crippen LogP contribution in [-0.4, -0.2) is 160 Å². The number of aromatic amines is 1. The van der Waals surface area contributed by atoms with Gasteiger partial charge in [-0.15, -0.1) is 0 Å². The van der Waals surface area contributed by atoms with E-state index in [0.717, 1.165) is 0 Å². The van der Waals surface area contributed by atoms with Crippen LogP contribution >= 0.6 is 0 Å². The van der Waals surface area contributed by atoms with Gasteiger partial charge in [-0.1, -0.05) is 6.92 Å². The minimum Gasteiger partial charge on any atom is -0.481 e. The predicted octanol–water partition coefficient (Wildman–Crippen LogP) is -4.73. The number of carboxylic acids is 5. The van der Waals surface area contributed by atoms with Gasteiger partial charge in [-0.25, -0.2) is 19.6 Å². The number of hydrogen-bond acceptors (Lipinski definition) is 18. The van der Waals surface area contributed by atoms with Crippen LogP contribution in [0.15, 0.2) is 40.2 Å². The third kappa shape index (κ3) is 19.4. The van der Waals surface area contributed by atoms with Gasteiger partial charge in [0.25, 0.3) is 11.5 Å². The first-order chi connectivity index (χ1) is 34.4. The van der Waals surface area contributed by atoms with Gasteiger partial charge in [0.2, 0.25) is 35.5 Å². The number of hydrogen-bond donors (Lipinski definition) is 16. The number of aromatic nitrogens is 4. The Morgan fingerprint density at radius 2 is 1.16 bits per heavy atom. The molecule has 0 saturated carbocycles. The number of guanidine groups is 1. The summed E-state index contributed by atoms with van der Waals surface area (Å²) in [5.74, 6) is -15.8. The van der Waals surface area contributed by atoms with Crippen LogP contribution in [0.4, 0.5) is 11.6 Å². The van der Waals surface area contributed by atoms with E-state index in [-0.39, 0.29) is 54.6 Å². The Labute approximate surface area is 410 Å². The Hall–Kier alpha value is -9.52. The molecule has 73 heavy (non-hydrogen) atoms. The zero-order valence-corrected chi connectivity index (χ0v) is 38.6. The van der Waals surface area contributed by atoms with Crippen LogP contribution in [0.5, 0.6) is 0 Å². The number of aliphatic imine (C=N–C) groups is 1. The quantitative estimate of drug-likeness (QED) is 0.0169. The molecular weight excluding hydrogens is 975 g/mol. The molecule has 0 aliphatic rings. The van der Waals surface area contributed by atoms with Crippen molar-refractivity contribution in [3.05, 3.63) is 52.1 Å². The zero-order valence-electron chi connectivity index (χ0n) is 38.6. The van der Waals surface area contributed by atoms with E-state index in [1.54, 1.807) is 0 Å². The number of nitrogens with two attached hydrogens (primary N) is 3. The van der Waals surface area contributed by atoms with Crippen LogP contribution in [0.1, 0.15) is 74.3 Å². The molecule has 6 amide bonds. The van der Waals surface area contributed by atoms with Gasteiger partial charge in [-0.3, -0.25) is 57.9 Å². The first-order valence-electron chi connectivity index (χ1n) is 21.7. The summed E-state index contributed by atoms with van der Waals surface area (Å²) in [6.45, 7) is 1.31. The minimum atomic E-state index is -2.08. The van der Waals surface area contributed by atoms with Gasteiger partial charge in [-0.05, 0) is 49.9 Å². The maximum Gasteiger partial charge on any atom is 0.326 e. The molecule has 0 saturated heterocycles. The summed E-state index contributed by atoms with van der Waals surface area (Å²) in [5, 5.41) is 63.3. The van der Waals surface area contributed by atoms with E-state index in [4.69, 9.17) is 17.2 Å². The van der Waals surface area contributed by atoms with Crippen LogP contribution in [-0.2, 0) is 54.5 Å². The molecule has 0 spiro atoms. The maximum atomic E-state index is 13.7. The molecule has 0 fully saturated rings. The summed E-state index contributed by atoms with van der Waals surface area (Å²) < 4.78 is 0. The van der Waals surface area contributed by atoms with Crippen molar-refractivity contribution in [1.29, 1.82) is 0 Å². The van der Waals surface area contributed by atoms with Crippen molar-refractivity contribution < 1.29 is 78.3 Å². The van der Waals surface area contributed by atoms with E-state index in [1.807, 2.05) is 10.6 Å². The Kier molecular flexibility index (Phi) is 21.9. The standard InChI is InChI=1S/C41H53N15O17/c1-2-20(38(70)71)50-35(67)24(13-28(60)61)54-36(68)25(14-29(62)63)53-33(65)21(4-3-11-45-40(42)43)51-34(66)23(12-27(58)59)49-26(57)10-9-22(39(72)73)52-32(64)17-5-7-18(8-6-17)46-15-19-16-47-31-30(48-19)37(69)56-41(44)55-31/h5-8,16,20-25,46H,2-4,9-15H2,1H3,(H,49,57)(H,50,67)(H,51,66)(H,52,64)(H,53,65)(H,54,68)(H,58,59)(H,60,61)(H,62,63)(H,70,71)(H,72,73)(H4,42,43,45)(H3,44,47,55,56,69)/t20-,21-,22-,23-,24-,25-/m0/s1. The van der Waals surface area contributed by atoms with Gasteiger partial charge in [0.1, 0.15) is 36.3 Å². The van der Waals surface area contributed by atoms with Crippen molar-refractivity contribution in [1.82, 2.24) is 51.8 Å². The molecule has 32 heteroatoms. The zero-order chi connectivity index (χ0) is 54.5. The van der Waals surface area contributed by atoms with Gasteiger partial charge in [0, 0.05) is 24.2 Å². The highest BCUT2D eigenvalue weighted by Crippen LogP contribution is 2.13. The molecule has 19 N–H and O–H groups in total. The van der Waals surface area contributed by atoms with Gasteiger partial charge in [0.15, 0.2) is 17.1 Å². The monoisotopic (exact) mass is 1030 g/mol. The van der Waals surface area contributed by atoms with Crippen molar-refractivity contribution >= 4 is 94.0 Å². The lowest BCUT2D eigenvalue weighted by atomic mass is 10.1. The molecule has 2 heterocycles. The number of rotatable bonds is 30. The number of nitrogen functional groups attached to an aromatic ring is 1. The van der Waals surface area contributed by atoms with Crippen molar-refractivity contribution in [3.8, 4) is 0 Å². The third-order valence-electron chi connectivity index (χ3n) is 10.0. The fourth-order valence-electron chi connectivity index (χ4n) is 6.38. The van der Waals surface area contributed by atoms with Crippen molar-refractivity contribution in [2.75, 3.05) is 17.6 Å². The number of fused-ring (bicyclic) bond motifs is 1. The van der Waals surface area contributed by atoms with Crippen molar-refractivity contribution in [2.45, 2.75) is 101 Å². The largest absolute Gasteiger partial charge is 0.481 e. The summed E-state index contributed by atoms with van der Waals surface area (Å²) in [5.41, 5.74) is 16.5. The highest BCUT2D eigenvalue weighted by molar-refractivity contribution is 5.99. The van der Waals surface area contributed by atoms with E-state index >= 15 is 0 Å². The molecule has 32 nitrogen and oxygen atoms in total. The fourth-order valence-corrected chi connectivity index (χ4v) is 6.38. The topological polar surface area (TPSA) is 535 Å². The summed E-state index contributed by atoms with van der Waals surface area (Å²) in [7, 11) is 0. The summed E-state index contributed by atoms with van der Waals surface area (Å²) in [4.78, 5) is 169. The number of H-pyrrole nitrogens is 1. The molecule has 3 rings (SSSR count). The van der Waals surface area contributed by atoms with Crippen molar-refractivity contribution in [3.63, 3.8) is 0 Å². The Balaban J connectivity index is 1.71. The van der Waals surface area contributed by atoms with E-state index in [2.05, 4.69) is 51.5 Å². The van der Waals surface area contributed by atoms with Crippen LogP contribution in [0.3, 0.4) is 0 Å². The normalized spacial score (nSPS) is 13.2. The summed E-state index contributed by atoms with van der Waals surface area (Å²) in [6, 6.07) is -5.32. The van der Waals surface area contributed by atoms with Crippen LogP contribution in [0.25, 0.3) is 11.2 Å². The number of anilines is 2. The second-order valence-electron chi connectivity index (χ2n) is 15.7. The molecular formula is C41H53N15O17. The lowest BCUT2D eigenvalue weighted by Gasteiger charge is -2.26. The van der Waals surface area contributed by atoms with Gasteiger partial charge < -0.3 is 80.0 Å². The number of amides is 6. The first kappa shape index (κ1) is 57.8. The molecule has 0 aliphatic carbocycles. The third-order valence-corrected chi connectivity index (χ3v) is 10.0. The van der Waals surface area contributed by atoms with E-state index in [0.29, 0.717) is 11.4 Å². The van der Waals surface area contributed by atoms with E-state index < -0.39 is 146 Å². The first-order valence-corrected chi connectivity index (χ1v) is 21.7. The molecule has 3 aromatic rings. The molecule has 2 aromatic heterocycles. The molecule has 394 valence electrons. The van der Waals surface area contributed by atoms with Crippen LogP contribution < -0.4 is 60.0 Å². The molecule has 0 unspecified atom stereocenters. The summed E-state index contributed by atoms with van der Waals surface area (Å²) in [6.07, 6.45) is -3.98. The summed E-state index contributed by atoms with van der Waals surface area (Å²) >= 11 is 0. The number of carbonyl (C=O) groups excluding carboxylic acids is 6. The smallest absolute Gasteiger partial charge is 0.326 e. The molecule has 0 aliphatic heterocycles. The predicted molar refractivity (Wildman–Crippen MR) is 249 cm³/mol. The van der Waals surface area contributed by atoms with Crippen LogP contribution in [0.2, 0.25) is 0 Å².